The van der Waals surface area contributed by atoms with Crippen molar-refractivity contribution in [1.82, 2.24) is 0 Å². The minimum absolute atomic E-state index is 0.138. The largest absolute Gasteiger partial charge is 0.410 e. The van der Waals surface area contributed by atoms with Gasteiger partial charge in [0.25, 0.3) is 0 Å². The lowest BCUT2D eigenvalue weighted by Gasteiger charge is -2.54. The molecule has 24 heavy (non-hydrogen) atoms. The third-order valence-electron chi connectivity index (χ3n) is 6.99. The van der Waals surface area contributed by atoms with E-state index >= 15 is 0 Å². The van der Waals surface area contributed by atoms with Gasteiger partial charge >= 0.3 is 0 Å². The van der Waals surface area contributed by atoms with E-state index in [2.05, 4.69) is 41.5 Å². The Morgan fingerprint density at radius 3 is 2.00 bits per heavy atom. The fraction of sp³-hybridized carbons (Fsp3) is 0.952. The first kappa shape index (κ1) is 20.2. The van der Waals surface area contributed by atoms with Gasteiger partial charge in [0, 0.05) is 12.8 Å². The molecule has 0 aromatic heterocycles. The summed E-state index contributed by atoms with van der Waals surface area (Å²) in [5, 5.41) is 0. The van der Waals surface area contributed by atoms with Gasteiger partial charge in [0.1, 0.15) is 5.78 Å². The van der Waals surface area contributed by atoms with Crippen LogP contribution in [0.5, 0.6) is 0 Å². The molecule has 2 saturated carbocycles. The number of Topliss-reactive ketones (excluding diaryl/α,β-unsaturated/α-hetero) is 1. The summed E-state index contributed by atoms with van der Waals surface area (Å²) in [4.78, 5) is 12.6. The van der Waals surface area contributed by atoms with Gasteiger partial charge in [-0.3, -0.25) is 4.79 Å². The summed E-state index contributed by atoms with van der Waals surface area (Å²) in [6.07, 6.45) is 9.98. The lowest BCUT2D eigenvalue weighted by atomic mass is 9.69. The SMILES string of the molecule is CC(C)[Si](O[C@]12CCCC[C@@H]1CCCCC(=O)C2)(C(C)C)C(C)C. The monoisotopic (exact) mass is 352 g/mol. The summed E-state index contributed by atoms with van der Waals surface area (Å²) in [5.41, 5.74) is 1.64. The van der Waals surface area contributed by atoms with Crippen LogP contribution in [-0.2, 0) is 9.22 Å². The van der Waals surface area contributed by atoms with Crippen molar-refractivity contribution in [3.63, 3.8) is 0 Å². The van der Waals surface area contributed by atoms with Gasteiger partial charge in [-0.2, -0.15) is 0 Å². The summed E-state index contributed by atoms with van der Waals surface area (Å²) in [6, 6.07) is 0. The summed E-state index contributed by atoms with van der Waals surface area (Å²) in [5.74, 6) is 1.07. The van der Waals surface area contributed by atoms with E-state index < -0.39 is 8.32 Å². The Morgan fingerprint density at radius 2 is 1.46 bits per heavy atom. The first-order valence-electron chi connectivity index (χ1n) is 10.5. The second kappa shape index (κ2) is 8.03. The maximum absolute atomic E-state index is 12.6. The number of hydrogen-bond donors (Lipinski definition) is 0. The smallest absolute Gasteiger partial charge is 0.201 e. The fourth-order valence-electron chi connectivity index (χ4n) is 5.93. The maximum atomic E-state index is 12.6. The molecule has 0 aliphatic heterocycles. The molecule has 3 heteroatoms. The molecule has 2 aliphatic carbocycles. The van der Waals surface area contributed by atoms with Crippen molar-refractivity contribution >= 4 is 14.1 Å². The molecule has 0 bridgehead atoms. The van der Waals surface area contributed by atoms with Crippen LogP contribution < -0.4 is 0 Å². The highest BCUT2D eigenvalue weighted by atomic mass is 28.4. The standard InChI is InChI=1S/C21H40O2Si/c1-16(2)24(17(3)4,18(5)6)23-21-14-10-9-12-19(21)11-7-8-13-20(22)15-21/h16-19H,7-15H2,1-6H3/t19-,21-/m0/s1. The van der Waals surface area contributed by atoms with Crippen LogP contribution in [0.2, 0.25) is 16.6 Å². The molecule has 2 atom stereocenters. The Hall–Kier alpha value is -0.153. The number of rotatable bonds is 5. The van der Waals surface area contributed by atoms with Gasteiger partial charge in [0.15, 0.2) is 0 Å². The van der Waals surface area contributed by atoms with Crippen LogP contribution in [0.1, 0.15) is 99.3 Å². The van der Waals surface area contributed by atoms with Gasteiger partial charge in [-0.05, 0) is 48.2 Å². The van der Waals surface area contributed by atoms with E-state index in [-0.39, 0.29) is 5.60 Å². The highest BCUT2D eigenvalue weighted by Gasteiger charge is 2.53. The van der Waals surface area contributed by atoms with Crippen LogP contribution in [0.15, 0.2) is 0 Å². The summed E-state index contributed by atoms with van der Waals surface area (Å²) in [7, 11) is -1.95. The van der Waals surface area contributed by atoms with Crippen molar-refractivity contribution in [3.8, 4) is 0 Å². The highest BCUT2D eigenvalue weighted by molar-refractivity contribution is 6.77. The minimum atomic E-state index is -1.95. The topological polar surface area (TPSA) is 26.3 Å². The van der Waals surface area contributed by atoms with Crippen LogP contribution in [0.3, 0.4) is 0 Å². The van der Waals surface area contributed by atoms with Gasteiger partial charge in [-0.1, -0.05) is 60.8 Å². The average molecular weight is 353 g/mol. The van der Waals surface area contributed by atoms with Gasteiger partial charge in [0.05, 0.1) is 5.60 Å². The third kappa shape index (κ3) is 3.82. The molecule has 0 aromatic rings. The molecule has 2 nitrogen and oxygen atoms in total. The molecule has 0 unspecified atom stereocenters. The highest BCUT2D eigenvalue weighted by Crippen LogP contribution is 2.51. The number of carbonyl (C=O) groups is 1. The van der Waals surface area contributed by atoms with Crippen LogP contribution in [0, 0.1) is 5.92 Å². The minimum Gasteiger partial charge on any atom is -0.410 e. The Kier molecular flexibility index (Phi) is 6.75. The van der Waals surface area contributed by atoms with E-state index in [1.807, 2.05) is 0 Å². The van der Waals surface area contributed by atoms with E-state index in [0.717, 1.165) is 19.3 Å². The van der Waals surface area contributed by atoms with Crippen LogP contribution in [-0.4, -0.2) is 19.7 Å². The van der Waals surface area contributed by atoms with Crippen molar-refractivity contribution < 1.29 is 9.22 Å². The van der Waals surface area contributed by atoms with Crippen molar-refractivity contribution in [2.24, 2.45) is 5.92 Å². The Morgan fingerprint density at radius 1 is 0.917 bits per heavy atom. The van der Waals surface area contributed by atoms with Crippen LogP contribution >= 0.6 is 0 Å². The predicted molar refractivity (Wildman–Crippen MR) is 105 cm³/mol. The van der Waals surface area contributed by atoms with Crippen molar-refractivity contribution in [2.45, 2.75) is 122 Å². The summed E-state index contributed by atoms with van der Waals surface area (Å²) in [6.45, 7) is 14.2. The summed E-state index contributed by atoms with van der Waals surface area (Å²) >= 11 is 0. The molecular formula is C21H40O2Si. The Labute approximate surface area is 151 Å². The Balaban J connectivity index is 2.42. The number of ketones is 1. The maximum Gasteiger partial charge on any atom is 0.201 e. The number of hydrogen-bond acceptors (Lipinski definition) is 2. The molecule has 0 radical (unpaired) electrons. The van der Waals surface area contributed by atoms with Crippen LogP contribution in [0.4, 0.5) is 0 Å². The molecule has 0 spiro atoms. The molecule has 140 valence electrons. The third-order valence-corrected chi connectivity index (χ3v) is 13.2. The second-order valence-electron chi connectivity index (χ2n) is 9.39. The van der Waals surface area contributed by atoms with E-state index in [9.17, 15) is 4.79 Å². The lowest BCUT2D eigenvalue weighted by molar-refractivity contribution is -0.129. The molecule has 0 saturated heterocycles. The zero-order chi connectivity index (χ0) is 18.0. The summed E-state index contributed by atoms with van der Waals surface area (Å²) < 4.78 is 7.38. The zero-order valence-corrected chi connectivity index (χ0v) is 18.0. The first-order valence-corrected chi connectivity index (χ1v) is 12.6. The lowest BCUT2D eigenvalue weighted by Crippen LogP contribution is -2.58. The van der Waals surface area contributed by atoms with Gasteiger partial charge < -0.3 is 4.43 Å². The van der Waals surface area contributed by atoms with Gasteiger partial charge in [-0.15, -0.1) is 0 Å². The van der Waals surface area contributed by atoms with Crippen molar-refractivity contribution in [1.29, 1.82) is 0 Å². The van der Waals surface area contributed by atoms with Gasteiger partial charge in [-0.25, -0.2) is 0 Å². The Bertz CT molecular complexity index is 408. The molecule has 2 rings (SSSR count). The van der Waals surface area contributed by atoms with E-state index in [4.69, 9.17) is 4.43 Å². The molecule has 0 heterocycles. The van der Waals surface area contributed by atoms with E-state index in [1.165, 1.54) is 32.1 Å². The molecule has 0 amide bonds. The van der Waals surface area contributed by atoms with Gasteiger partial charge in [0.2, 0.25) is 8.32 Å². The molecule has 0 aromatic carbocycles. The van der Waals surface area contributed by atoms with Crippen molar-refractivity contribution in [2.75, 3.05) is 0 Å². The predicted octanol–water partition coefficient (Wildman–Crippen LogP) is 6.64. The average Bonchev–Trinajstić information content (AvgIpc) is 2.47. The van der Waals surface area contributed by atoms with Crippen LogP contribution in [0.25, 0.3) is 0 Å². The normalized spacial score (nSPS) is 29.7. The number of carbonyl (C=O) groups excluding carboxylic acids is 1. The zero-order valence-electron chi connectivity index (χ0n) is 17.0. The molecular weight excluding hydrogens is 312 g/mol. The first-order chi connectivity index (χ1) is 11.2. The van der Waals surface area contributed by atoms with Crippen molar-refractivity contribution in [3.05, 3.63) is 0 Å². The molecule has 2 fully saturated rings. The quantitative estimate of drug-likeness (QED) is 0.518. The molecule has 2 aliphatic rings. The second-order valence-corrected chi connectivity index (χ2v) is 14.8. The number of fused-ring (bicyclic) bond motifs is 1. The molecule has 0 N–H and O–H groups in total. The van der Waals surface area contributed by atoms with E-state index in [1.54, 1.807) is 0 Å². The van der Waals surface area contributed by atoms with E-state index in [0.29, 0.717) is 34.7 Å². The fourth-order valence-corrected chi connectivity index (χ4v) is 11.7.